The Kier molecular flexibility index (Phi) is 3.57. The van der Waals surface area contributed by atoms with E-state index in [0.29, 0.717) is 10.9 Å². The molecule has 0 saturated carbocycles. The van der Waals surface area contributed by atoms with Gasteiger partial charge in [-0.2, -0.15) is 0 Å². The molecule has 0 bridgehead atoms. The van der Waals surface area contributed by atoms with Crippen LogP contribution >= 0.6 is 0 Å². The average Bonchev–Trinajstić information content (AvgIpc) is 2.52. The molecular formula is C16H11NO5. The van der Waals surface area contributed by atoms with Crippen LogP contribution in [0.2, 0.25) is 0 Å². The van der Waals surface area contributed by atoms with Crippen molar-refractivity contribution in [3.8, 4) is 5.75 Å². The Morgan fingerprint density at radius 1 is 1.23 bits per heavy atom. The van der Waals surface area contributed by atoms with E-state index >= 15 is 0 Å². The third-order valence-corrected chi connectivity index (χ3v) is 3.05. The zero-order chi connectivity index (χ0) is 15.5. The molecular weight excluding hydrogens is 286 g/mol. The largest absolute Gasteiger partial charge is 0.508 e. The third kappa shape index (κ3) is 2.80. The Balaban J connectivity index is 1.88. The van der Waals surface area contributed by atoms with Crippen molar-refractivity contribution in [1.82, 2.24) is 4.98 Å². The molecule has 0 fully saturated rings. The van der Waals surface area contributed by atoms with E-state index in [1.807, 2.05) is 0 Å². The maximum Gasteiger partial charge on any atom is 0.357 e. The minimum atomic E-state index is -0.583. The van der Waals surface area contributed by atoms with E-state index in [2.05, 4.69) is 4.98 Å². The van der Waals surface area contributed by atoms with E-state index in [4.69, 9.17) is 9.15 Å². The molecule has 0 aliphatic carbocycles. The number of carbonyl (C=O) groups is 1. The number of rotatable bonds is 3. The first-order valence-corrected chi connectivity index (χ1v) is 6.47. The number of aromatic hydroxyl groups is 1. The molecule has 3 aromatic rings. The lowest BCUT2D eigenvalue weighted by Crippen LogP contribution is -2.09. The lowest BCUT2D eigenvalue weighted by molar-refractivity contribution is 0.0467. The molecule has 2 heterocycles. The van der Waals surface area contributed by atoms with Crippen LogP contribution in [-0.2, 0) is 11.3 Å². The van der Waals surface area contributed by atoms with E-state index in [9.17, 15) is 14.7 Å². The molecule has 110 valence electrons. The number of phenols is 1. The fourth-order valence-corrected chi connectivity index (χ4v) is 2.04. The molecule has 22 heavy (non-hydrogen) atoms. The molecule has 1 N–H and O–H groups in total. The highest BCUT2D eigenvalue weighted by Gasteiger charge is 2.11. The van der Waals surface area contributed by atoms with Crippen LogP contribution in [0.15, 0.2) is 57.9 Å². The number of carbonyl (C=O) groups excluding carboxylic acids is 1. The van der Waals surface area contributed by atoms with E-state index in [1.165, 1.54) is 30.5 Å². The van der Waals surface area contributed by atoms with Gasteiger partial charge in [0.15, 0.2) is 0 Å². The van der Waals surface area contributed by atoms with E-state index in [1.54, 1.807) is 18.2 Å². The van der Waals surface area contributed by atoms with Gasteiger partial charge in [-0.05, 0) is 24.3 Å². The van der Waals surface area contributed by atoms with Crippen molar-refractivity contribution < 1.29 is 19.1 Å². The highest BCUT2D eigenvalue weighted by atomic mass is 16.5. The summed E-state index contributed by atoms with van der Waals surface area (Å²) >= 11 is 0. The zero-order valence-electron chi connectivity index (χ0n) is 11.4. The summed E-state index contributed by atoms with van der Waals surface area (Å²) in [4.78, 5) is 27.3. The first-order valence-electron chi connectivity index (χ1n) is 6.47. The number of pyridine rings is 1. The number of nitrogens with zero attached hydrogens (tertiary/aromatic N) is 1. The summed E-state index contributed by atoms with van der Waals surface area (Å²) < 4.78 is 10.2. The summed E-state index contributed by atoms with van der Waals surface area (Å²) in [6, 6.07) is 10.6. The normalized spacial score (nSPS) is 10.5. The average molecular weight is 297 g/mol. The van der Waals surface area contributed by atoms with Crippen LogP contribution in [-0.4, -0.2) is 16.1 Å². The molecule has 0 amide bonds. The number of esters is 1. The predicted molar refractivity (Wildman–Crippen MR) is 77.5 cm³/mol. The molecule has 0 saturated heterocycles. The third-order valence-electron chi connectivity index (χ3n) is 3.05. The van der Waals surface area contributed by atoms with Crippen LogP contribution in [0.5, 0.6) is 5.75 Å². The van der Waals surface area contributed by atoms with E-state index in [0.717, 1.165) is 0 Å². The minimum absolute atomic E-state index is 0.0155. The van der Waals surface area contributed by atoms with Crippen molar-refractivity contribution in [3.63, 3.8) is 0 Å². The van der Waals surface area contributed by atoms with Crippen LogP contribution in [0.3, 0.4) is 0 Å². The Morgan fingerprint density at radius 3 is 2.86 bits per heavy atom. The maximum atomic E-state index is 11.9. The summed E-state index contributed by atoms with van der Waals surface area (Å²) in [5.74, 6) is -0.598. The summed E-state index contributed by atoms with van der Waals surface area (Å²) in [5.41, 5.74) is 0.335. The lowest BCUT2D eigenvalue weighted by atomic mass is 10.1. The summed E-state index contributed by atoms with van der Waals surface area (Å²) in [6.45, 7) is -0.0950. The summed E-state index contributed by atoms with van der Waals surface area (Å²) in [7, 11) is 0. The fraction of sp³-hybridized carbons (Fsp3) is 0.0625. The number of ether oxygens (including phenoxy) is 1. The molecule has 0 atom stereocenters. The molecule has 0 aliphatic heterocycles. The second-order valence-electron chi connectivity index (χ2n) is 4.56. The van der Waals surface area contributed by atoms with Crippen LogP contribution in [0.4, 0.5) is 0 Å². The van der Waals surface area contributed by atoms with Gasteiger partial charge >= 0.3 is 11.6 Å². The van der Waals surface area contributed by atoms with Gasteiger partial charge in [0, 0.05) is 29.3 Å². The Bertz CT molecular complexity index is 886. The highest BCUT2D eigenvalue weighted by Crippen LogP contribution is 2.22. The molecule has 2 aromatic heterocycles. The van der Waals surface area contributed by atoms with Crippen molar-refractivity contribution in [2.75, 3.05) is 0 Å². The lowest BCUT2D eigenvalue weighted by Gasteiger charge is -2.07. The summed E-state index contributed by atoms with van der Waals surface area (Å²) in [6.07, 6.45) is 1.49. The van der Waals surface area contributed by atoms with Gasteiger partial charge in [0.05, 0.1) is 0 Å². The molecule has 0 radical (unpaired) electrons. The van der Waals surface area contributed by atoms with Crippen molar-refractivity contribution in [1.29, 1.82) is 0 Å². The van der Waals surface area contributed by atoms with Gasteiger partial charge in [-0.15, -0.1) is 0 Å². The SMILES string of the molecule is O=C(OCc1cc(=O)oc2cc(O)ccc12)c1ccccn1. The Labute approximate surface area is 124 Å². The number of fused-ring (bicyclic) bond motifs is 1. The number of benzene rings is 1. The molecule has 6 heteroatoms. The smallest absolute Gasteiger partial charge is 0.357 e. The van der Waals surface area contributed by atoms with Crippen LogP contribution < -0.4 is 5.63 Å². The highest BCUT2D eigenvalue weighted by molar-refractivity contribution is 5.87. The van der Waals surface area contributed by atoms with Gasteiger partial charge in [-0.25, -0.2) is 14.6 Å². The van der Waals surface area contributed by atoms with Crippen LogP contribution in [0, 0.1) is 0 Å². The molecule has 6 nitrogen and oxygen atoms in total. The monoisotopic (exact) mass is 297 g/mol. The van der Waals surface area contributed by atoms with Gasteiger partial charge < -0.3 is 14.3 Å². The summed E-state index contributed by atoms with van der Waals surface area (Å²) in [5, 5.41) is 10.0. The predicted octanol–water partition coefficient (Wildman–Crippen LogP) is 2.25. The van der Waals surface area contributed by atoms with Gasteiger partial charge in [-0.3, -0.25) is 0 Å². The molecule has 0 spiro atoms. The van der Waals surface area contributed by atoms with Gasteiger partial charge in [-0.1, -0.05) is 6.07 Å². The second-order valence-corrected chi connectivity index (χ2v) is 4.56. The van der Waals surface area contributed by atoms with Crippen LogP contribution in [0.25, 0.3) is 11.0 Å². The zero-order valence-corrected chi connectivity index (χ0v) is 11.4. The van der Waals surface area contributed by atoms with Crippen molar-refractivity contribution in [2.45, 2.75) is 6.61 Å². The quantitative estimate of drug-likeness (QED) is 0.589. The topological polar surface area (TPSA) is 89.6 Å². The molecule has 1 aromatic carbocycles. The number of phenolic OH excluding ortho intramolecular Hbond substituents is 1. The first-order chi connectivity index (χ1) is 10.6. The Morgan fingerprint density at radius 2 is 2.09 bits per heavy atom. The van der Waals surface area contributed by atoms with Gasteiger partial charge in [0.2, 0.25) is 0 Å². The van der Waals surface area contributed by atoms with E-state index in [-0.39, 0.29) is 23.6 Å². The van der Waals surface area contributed by atoms with Crippen molar-refractivity contribution in [3.05, 3.63) is 70.3 Å². The fourth-order valence-electron chi connectivity index (χ4n) is 2.04. The van der Waals surface area contributed by atoms with Crippen molar-refractivity contribution >= 4 is 16.9 Å². The molecule has 0 unspecified atom stereocenters. The van der Waals surface area contributed by atoms with E-state index < -0.39 is 11.6 Å². The maximum absolute atomic E-state index is 11.9. The minimum Gasteiger partial charge on any atom is -0.508 e. The second kappa shape index (κ2) is 5.69. The van der Waals surface area contributed by atoms with Crippen LogP contribution in [0.1, 0.15) is 16.1 Å². The first kappa shape index (κ1) is 13.8. The standard InChI is InChI=1S/C16H11NO5/c18-11-4-5-12-10(7-15(19)22-14(12)8-11)9-21-16(20)13-3-1-2-6-17-13/h1-8,18H,9H2. The number of aromatic nitrogens is 1. The molecule has 3 rings (SSSR count). The number of hydrogen-bond acceptors (Lipinski definition) is 6. The number of hydrogen-bond donors (Lipinski definition) is 1. The van der Waals surface area contributed by atoms with Gasteiger partial charge in [0.25, 0.3) is 0 Å². The van der Waals surface area contributed by atoms with Gasteiger partial charge in [0.1, 0.15) is 23.6 Å². The van der Waals surface area contributed by atoms with Crippen molar-refractivity contribution in [2.24, 2.45) is 0 Å². The molecule has 0 aliphatic rings. The Hall–Kier alpha value is -3.15.